The Balaban J connectivity index is 1.70. The van der Waals surface area contributed by atoms with E-state index in [9.17, 15) is 4.79 Å². The Labute approximate surface area is 147 Å². The van der Waals surface area contributed by atoms with E-state index >= 15 is 0 Å². The number of hydrogen-bond acceptors (Lipinski definition) is 2. The van der Waals surface area contributed by atoms with Gasteiger partial charge in [-0.15, -0.1) is 0 Å². The van der Waals surface area contributed by atoms with Crippen LogP contribution in [0.15, 0.2) is 4.99 Å². The molecule has 138 valence electrons. The van der Waals surface area contributed by atoms with Gasteiger partial charge in [0.15, 0.2) is 5.96 Å². The molecule has 24 heavy (non-hydrogen) atoms. The average Bonchev–Trinajstić information content (AvgIpc) is 2.91. The van der Waals surface area contributed by atoms with Crippen LogP contribution in [0.1, 0.15) is 65.7 Å². The highest BCUT2D eigenvalue weighted by atomic mass is 16.1. The molecular weight excluding hydrogens is 300 g/mol. The van der Waals surface area contributed by atoms with Gasteiger partial charge in [0.25, 0.3) is 0 Å². The van der Waals surface area contributed by atoms with Crippen LogP contribution < -0.4 is 10.6 Å². The van der Waals surface area contributed by atoms with Gasteiger partial charge in [0, 0.05) is 32.6 Å². The lowest BCUT2D eigenvalue weighted by Gasteiger charge is -2.23. The Bertz CT molecular complexity index is 427. The third kappa shape index (κ3) is 6.33. The molecule has 0 spiro atoms. The molecular formula is C19H36N4O. The molecule has 2 aliphatic rings. The van der Waals surface area contributed by atoms with Crippen LogP contribution in [-0.4, -0.2) is 49.5 Å². The summed E-state index contributed by atoms with van der Waals surface area (Å²) in [4.78, 5) is 19.1. The fourth-order valence-electron chi connectivity index (χ4n) is 3.80. The molecule has 2 N–H and O–H groups in total. The summed E-state index contributed by atoms with van der Waals surface area (Å²) in [5, 5.41) is 6.42. The monoisotopic (exact) mass is 336 g/mol. The van der Waals surface area contributed by atoms with Crippen molar-refractivity contribution in [2.24, 2.45) is 16.3 Å². The first kappa shape index (κ1) is 19.1. The number of nitrogens with one attached hydrogen (secondary N) is 2. The van der Waals surface area contributed by atoms with E-state index in [4.69, 9.17) is 4.99 Å². The van der Waals surface area contributed by atoms with Gasteiger partial charge in [0.2, 0.25) is 5.91 Å². The first-order valence-electron chi connectivity index (χ1n) is 9.80. The number of amides is 1. The van der Waals surface area contributed by atoms with Crippen molar-refractivity contribution >= 4 is 11.9 Å². The van der Waals surface area contributed by atoms with Crippen molar-refractivity contribution in [1.29, 1.82) is 0 Å². The van der Waals surface area contributed by atoms with E-state index in [0.29, 0.717) is 30.8 Å². The number of carbonyl (C=O) groups is 1. The molecule has 2 fully saturated rings. The number of hydrogen-bond donors (Lipinski definition) is 2. The molecule has 0 aromatic rings. The lowest BCUT2D eigenvalue weighted by molar-refractivity contribution is -0.122. The highest BCUT2D eigenvalue weighted by molar-refractivity contribution is 5.80. The molecule has 0 unspecified atom stereocenters. The lowest BCUT2D eigenvalue weighted by Crippen LogP contribution is -2.41. The van der Waals surface area contributed by atoms with Gasteiger partial charge >= 0.3 is 0 Å². The molecule has 1 aliphatic carbocycles. The second-order valence-electron chi connectivity index (χ2n) is 8.13. The van der Waals surface area contributed by atoms with E-state index in [1.54, 1.807) is 0 Å². The molecule has 1 saturated carbocycles. The van der Waals surface area contributed by atoms with Gasteiger partial charge in [-0.3, -0.25) is 9.79 Å². The summed E-state index contributed by atoms with van der Waals surface area (Å²) >= 11 is 0. The third-order valence-corrected chi connectivity index (χ3v) is 5.21. The van der Waals surface area contributed by atoms with E-state index in [1.807, 2.05) is 0 Å². The molecule has 0 aromatic heterocycles. The molecule has 0 aromatic carbocycles. The van der Waals surface area contributed by atoms with Gasteiger partial charge in [0.05, 0.1) is 6.54 Å². The Kier molecular flexibility index (Phi) is 7.38. The number of nitrogens with zero attached hydrogens (tertiary/aromatic N) is 2. The van der Waals surface area contributed by atoms with Crippen LogP contribution in [0.3, 0.4) is 0 Å². The summed E-state index contributed by atoms with van der Waals surface area (Å²) in [5.74, 6) is 1.79. The van der Waals surface area contributed by atoms with E-state index in [0.717, 1.165) is 25.6 Å². The molecule has 5 nitrogen and oxygen atoms in total. The van der Waals surface area contributed by atoms with Crippen molar-refractivity contribution in [2.75, 3.05) is 32.7 Å². The normalized spacial score (nSPS) is 21.8. The fraction of sp³-hybridized carbons (Fsp3) is 0.895. The van der Waals surface area contributed by atoms with Gasteiger partial charge < -0.3 is 15.5 Å². The van der Waals surface area contributed by atoms with Crippen molar-refractivity contribution in [3.05, 3.63) is 0 Å². The summed E-state index contributed by atoms with van der Waals surface area (Å²) in [6.45, 7) is 11.0. The maximum atomic E-state index is 12.0. The van der Waals surface area contributed by atoms with E-state index in [2.05, 4.69) is 36.3 Å². The van der Waals surface area contributed by atoms with Crippen molar-refractivity contribution < 1.29 is 4.79 Å². The minimum absolute atomic E-state index is 0.199. The average molecular weight is 337 g/mol. The Hall–Kier alpha value is -1.26. The predicted octanol–water partition coefficient (Wildman–Crippen LogP) is 2.77. The SMILES string of the molecule is CCNC(=NCCNC(=O)CC1CCCCC1)N1CCC(C)(C)C1. The van der Waals surface area contributed by atoms with Crippen LogP contribution in [0.2, 0.25) is 0 Å². The summed E-state index contributed by atoms with van der Waals surface area (Å²) < 4.78 is 0. The molecule has 1 amide bonds. The zero-order valence-electron chi connectivity index (χ0n) is 15.9. The van der Waals surface area contributed by atoms with Crippen molar-refractivity contribution in [2.45, 2.75) is 65.7 Å². The first-order valence-corrected chi connectivity index (χ1v) is 9.80. The van der Waals surface area contributed by atoms with E-state index < -0.39 is 0 Å². The quantitative estimate of drug-likeness (QED) is 0.445. The molecule has 0 bridgehead atoms. The van der Waals surface area contributed by atoms with Gasteiger partial charge in [-0.25, -0.2) is 0 Å². The Morgan fingerprint density at radius 3 is 2.58 bits per heavy atom. The topological polar surface area (TPSA) is 56.7 Å². The molecule has 1 heterocycles. The van der Waals surface area contributed by atoms with Crippen LogP contribution in [-0.2, 0) is 4.79 Å². The van der Waals surface area contributed by atoms with Crippen molar-refractivity contribution in [3.8, 4) is 0 Å². The summed E-state index contributed by atoms with van der Waals surface area (Å²) in [6, 6.07) is 0. The van der Waals surface area contributed by atoms with Gasteiger partial charge in [-0.1, -0.05) is 33.1 Å². The molecule has 5 heteroatoms. The standard InChI is InChI=1S/C19H36N4O/c1-4-20-18(23-13-10-19(2,3)15-23)22-12-11-21-17(24)14-16-8-6-5-7-9-16/h16H,4-15H2,1-3H3,(H,20,22)(H,21,24). The van der Waals surface area contributed by atoms with Crippen LogP contribution >= 0.6 is 0 Å². The Morgan fingerprint density at radius 1 is 1.21 bits per heavy atom. The summed E-state index contributed by atoms with van der Waals surface area (Å²) in [7, 11) is 0. The smallest absolute Gasteiger partial charge is 0.220 e. The molecule has 2 rings (SSSR count). The highest BCUT2D eigenvalue weighted by Crippen LogP contribution is 2.28. The maximum Gasteiger partial charge on any atom is 0.220 e. The highest BCUT2D eigenvalue weighted by Gasteiger charge is 2.30. The fourth-order valence-corrected chi connectivity index (χ4v) is 3.80. The van der Waals surface area contributed by atoms with Crippen LogP contribution in [0.4, 0.5) is 0 Å². The lowest BCUT2D eigenvalue weighted by atomic mass is 9.87. The second kappa shape index (κ2) is 9.28. The number of aliphatic imine (C=N–C) groups is 1. The maximum absolute atomic E-state index is 12.0. The summed E-state index contributed by atoms with van der Waals surface area (Å²) in [5.41, 5.74) is 0.365. The van der Waals surface area contributed by atoms with Crippen LogP contribution in [0.5, 0.6) is 0 Å². The molecule has 1 aliphatic heterocycles. The number of likely N-dealkylation sites (tertiary alicyclic amines) is 1. The zero-order chi connectivity index (χ0) is 17.4. The zero-order valence-corrected chi connectivity index (χ0v) is 15.9. The minimum Gasteiger partial charge on any atom is -0.357 e. The van der Waals surface area contributed by atoms with Gasteiger partial charge in [0.1, 0.15) is 0 Å². The third-order valence-electron chi connectivity index (χ3n) is 5.21. The molecule has 1 saturated heterocycles. The second-order valence-corrected chi connectivity index (χ2v) is 8.13. The minimum atomic E-state index is 0.199. The van der Waals surface area contributed by atoms with E-state index in [1.165, 1.54) is 38.5 Å². The largest absolute Gasteiger partial charge is 0.357 e. The summed E-state index contributed by atoms with van der Waals surface area (Å²) in [6.07, 6.45) is 8.27. The van der Waals surface area contributed by atoms with Crippen molar-refractivity contribution in [1.82, 2.24) is 15.5 Å². The number of carbonyl (C=O) groups excluding carboxylic acids is 1. The van der Waals surface area contributed by atoms with Gasteiger partial charge in [-0.2, -0.15) is 0 Å². The van der Waals surface area contributed by atoms with Crippen molar-refractivity contribution in [3.63, 3.8) is 0 Å². The Morgan fingerprint density at radius 2 is 1.96 bits per heavy atom. The van der Waals surface area contributed by atoms with Gasteiger partial charge in [-0.05, 0) is 37.5 Å². The van der Waals surface area contributed by atoms with Crippen LogP contribution in [0.25, 0.3) is 0 Å². The number of guanidine groups is 1. The predicted molar refractivity (Wildman–Crippen MR) is 100 cm³/mol. The first-order chi connectivity index (χ1) is 11.5. The van der Waals surface area contributed by atoms with Crippen LogP contribution in [0, 0.1) is 11.3 Å². The molecule has 0 atom stereocenters. The molecule has 0 radical (unpaired) electrons. The van der Waals surface area contributed by atoms with E-state index in [-0.39, 0.29) is 5.91 Å². The number of rotatable bonds is 6.